The first-order chi connectivity index (χ1) is 10.6. The van der Waals surface area contributed by atoms with E-state index in [-0.39, 0.29) is 64.6 Å². The van der Waals surface area contributed by atoms with Crippen molar-refractivity contribution in [3.05, 3.63) is 0 Å². The molecule has 2 N–H and O–H groups in total. The number of rotatable bonds is 17. The van der Waals surface area contributed by atoms with Crippen LogP contribution in [0.1, 0.15) is 84.0 Å². The summed E-state index contributed by atoms with van der Waals surface area (Å²) >= 11 is 0. The van der Waals surface area contributed by atoms with Crippen molar-refractivity contribution < 1.29 is 23.6 Å². The van der Waals surface area contributed by atoms with Crippen molar-refractivity contribution in [3.8, 4) is 0 Å². The number of ether oxygens (including phenoxy) is 1. The van der Waals surface area contributed by atoms with Gasteiger partial charge >= 0.3 is 59.2 Å². The molecule has 0 atom stereocenters. The van der Waals surface area contributed by atoms with Crippen LogP contribution in [0.2, 0.25) is 0 Å². The number of unbranched alkanes of at least 4 members (excludes halogenated alkanes) is 11. The van der Waals surface area contributed by atoms with Crippen LogP contribution in [0.4, 0.5) is 0 Å². The van der Waals surface area contributed by atoms with Crippen molar-refractivity contribution in [1.82, 2.24) is 0 Å². The van der Waals surface area contributed by atoms with Gasteiger partial charge < -0.3 is 14.5 Å². The molecule has 0 aromatic heterocycles. The Kier molecular flexibility index (Phi) is 23.4. The average molecular weight is 379 g/mol. The van der Waals surface area contributed by atoms with Crippen molar-refractivity contribution in [2.24, 2.45) is 0 Å². The molecule has 0 bridgehead atoms. The third-order valence-corrected chi connectivity index (χ3v) is 4.15. The molecule has 7 heteroatoms. The van der Waals surface area contributed by atoms with Gasteiger partial charge in [-0.2, -0.15) is 0 Å². The fourth-order valence-corrected chi connectivity index (χ4v) is 2.67. The fourth-order valence-electron chi connectivity index (χ4n) is 2.36. The number of hydrogen-bond acceptors (Lipinski definition) is 3. The minimum atomic E-state index is -4.33. The van der Waals surface area contributed by atoms with Gasteiger partial charge in [-0.1, -0.05) is 77.6 Å². The number of phosphoric ester groups is 1. The zero-order valence-electron chi connectivity index (χ0n) is 14.2. The molecule has 0 heterocycles. The summed E-state index contributed by atoms with van der Waals surface area (Å²) in [5.74, 6) is 0. The van der Waals surface area contributed by atoms with Gasteiger partial charge in [-0.3, -0.25) is 4.52 Å². The quantitative estimate of drug-likeness (QED) is 0.226. The van der Waals surface area contributed by atoms with Gasteiger partial charge in [0.1, 0.15) is 0 Å². The van der Waals surface area contributed by atoms with Crippen molar-refractivity contribution in [1.29, 1.82) is 0 Å². The van der Waals surface area contributed by atoms with Gasteiger partial charge in [0.15, 0.2) is 0 Å². The van der Waals surface area contributed by atoms with E-state index in [9.17, 15) is 4.57 Å². The Hall–Kier alpha value is 1.71. The van der Waals surface area contributed by atoms with Gasteiger partial charge in [-0.25, -0.2) is 4.57 Å². The topological polar surface area (TPSA) is 76.0 Å². The summed E-state index contributed by atoms with van der Waals surface area (Å²) < 4.78 is 19.9. The Morgan fingerprint density at radius 3 is 1.57 bits per heavy atom. The maximum atomic E-state index is 10.4. The second-order valence-electron chi connectivity index (χ2n) is 5.83. The molecular weight excluding hydrogens is 342 g/mol. The molecule has 0 fully saturated rings. The molecule has 0 aliphatic heterocycles. The van der Waals surface area contributed by atoms with E-state index in [4.69, 9.17) is 14.5 Å². The molecule has 5 nitrogen and oxygen atoms in total. The molecular formula is C16H36KO5P. The Morgan fingerprint density at radius 2 is 1.13 bits per heavy atom. The van der Waals surface area contributed by atoms with Crippen molar-refractivity contribution >= 4 is 59.2 Å². The van der Waals surface area contributed by atoms with Crippen LogP contribution in [0.25, 0.3) is 0 Å². The first kappa shape index (κ1) is 26.9. The first-order valence-corrected chi connectivity index (χ1v) is 10.4. The van der Waals surface area contributed by atoms with Gasteiger partial charge in [0.25, 0.3) is 0 Å². The van der Waals surface area contributed by atoms with Gasteiger partial charge in [0, 0.05) is 6.61 Å². The molecule has 0 aromatic rings. The summed E-state index contributed by atoms with van der Waals surface area (Å²) in [5, 5.41) is 0. The fraction of sp³-hybridized carbons (Fsp3) is 1.00. The van der Waals surface area contributed by atoms with Crippen LogP contribution in [0.3, 0.4) is 0 Å². The number of phosphoric acid groups is 1. The molecule has 0 amide bonds. The van der Waals surface area contributed by atoms with E-state index in [2.05, 4.69) is 11.4 Å². The standard InChI is InChI=1S/C16H35O5P.K.H/c1-2-3-4-5-6-7-8-9-10-11-12-13-14-20-15-16-21-22(17,18)19;;/h2-16H2,1H3,(H2,17,18,19);;. The minimum absolute atomic E-state index is 0. The van der Waals surface area contributed by atoms with Crippen LogP contribution in [-0.4, -0.2) is 81.0 Å². The summed E-state index contributed by atoms with van der Waals surface area (Å²) in [7, 11) is -4.33. The molecule has 23 heavy (non-hydrogen) atoms. The predicted molar refractivity (Wildman–Crippen MR) is 97.0 cm³/mol. The SMILES string of the molecule is CCCCCCCCCCCCCCOCCOP(=O)(O)O.[KH]. The van der Waals surface area contributed by atoms with Gasteiger partial charge in [-0.05, 0) is 6.42 Å². The van der Waals surface area contributed by atoms with Crippen molar-refractivity contribution in [2.75, 3.05) is 19.8 Å². The van der Waals surface area contributed by atoms with E-state index in [0.717, 1.165) is 12.8 Å². The molecule has 0 saturated heterocycles. The molecule has 0 rings (SSSR count). The normalized spacial score (nSPS) is 11.4. The molecule has 0 unspecified atom stereocenters. The second-order valence-corrected chi connectivity index (χ2v) is 7.06. The molecule has 0 radical (unpaired) electrons. The van der Waals surface area contributed by atoms with Crippen LogP contribution in [-0.2, 0) is 13.8 Å². The zero-order valence-corrected chi connectivity index (χ0v) is 15.1. The Labute approximate surface area is 185 Å². The monoisotopic (exact) mass is 378 g/mol. The predicted octanol–water partition coefficient (Wildman–Crippen LogP) is 4.16. The van der Waals surface area contributed by atoms with E-state index in [0.29, 0.717) is 6.61 Å². The Morgan fingerprint density at radius 1 is 0.696 bits per heavy atom. The average Bonchev–Trinajstić information content (AvgIpc) is 2.45. The summed E-state index contributed by atoms with van der Waals surface area (Å²) in [5.41, 5.74) is 0. The molecule has 0 saturated carbocycles. The van der Waals surface area contributed by atoms with Gasteiger partial charge in [0.05, 0.1) is 13.2 Å². The van der Waals surface area contributed by atoms with E-state index >= 15 is 0 Å². The van der Waals surface area contributed by atoms with Crippen molar-refractivity contribution in [3.63, 3.8) is 0 Å². The molecule has 0 aromatic carbocycles. The van der Waals surface area contributed by atoms with Crippen molar-refractivity contribution in [2.45, 2.75) is 84.0 Å². The van der Waals surface area contributed by atoms with E-state index in [1.165, 1.54) is 64.2 Å². The molecule has 0 aliphatic carbocycles. The summed E-state index contributed by atoms with van der Waals surface area (Å²) in [4.78, 5) is 16.9. The van der Waals surface area contributed by atoms with E-state index < -0.39 is 7.82 Å². The molecule has 0 aliphatic rings. The summed E-state index contributed by atoms with van der Waals surface area (Å²) in [6.45, 7) is 3.08. The Bertz CT molecular complexity index is 273. The van der Waals surface area contributed by atoms with Crippen LogP contribution in [0.5, 0.6) is 0 Å². The maximum absolute atomic E-state index is 10.4. The van der Waals surface area contributed by atoms with E-state index in [1.54, 1.807) is 0 Å². The zero-order chi connectivity index (χ0) is 16.5. The Balaban J connectivity index is 0. The van der Waals surface area contributed by atoms with Crippen LogP contribution in [0.15, 0.2) is 0 Å². The third kappa shape index (κ3) is 26.1. The molecule has 136 valence electrons. The number of hydrogen-bond donors (Lipinski definition) is 2. The van der Waals surface area contributed by atoms with E-state index in [1.807, 2.05) is 0 Å². The summed E-state index contributed by atoms with van der Waals surface area (Å²) in [6, 6.07) is 0. The van der Waals surface area contributed by atoms with Crippen LogP contribution >= 0.6 is 7.82 Å². The van der Waals surface area contributed by atoms with Crippen LogP contribution < -0.4 is 0 Å². The second kappa shape index (κ2) is 20.0. The van der Waals surface area contributed by atoms with Crippen LogP contribution in [0, 0.1) is 0 Å². The first-order valence-electron chi connectivity index (χ1n) is 8.84. The van der Waals surface area contributed by atoms with Gasteiger partial charge in [-0.15, -0.1) is 0 Å². The molecule has 0 spiro atoms. The summed E-state index contributed by atoms with van der Waals surface area (Å²) in [6.07, 6.45) is 15.7. The third-order valence-electron chi connectivity index (χ3n) is 3.63. The van der Waals surface area contributed by atoms with Gasteiger partial charge in [0.2, 0.25) is 0 Å².